The molecule has 1 rings (SSSR count). The van der Waals surface area contributed by atoms with Crippen molar-refractivity contribution in [3.05, 3.63) is 0 Å². The van der Waals surface area contributed by atoms with Gasteiger partial charge in [0.15, 0.2) is 0 Å². The summed E-state index contributed by atoms with van der Waals surface area (Å²) in [5.74, 6) is 0. The van der Waals surface area contributed by atoms with Crippen LogP contribution < -0.4 is 0 Å². The highest BCUT2D eigenvalue weighted by molar-refractivity contribution is 7.86. The van der Waals surface area contributed by atoms with Crippen molar-refractivity contribution in [2.45, 2.75) is 30.9 Å². The van der Waals surface area contributed by atoms with E-state index in [-0.39, 0.29) is 0 Å². The summed E-state index contributed by atoms with van der Waals surface area (Å²) in [4.78, 5) is 0. The van der Waals surface area contributed by atoms with Gasteiger partial charge in [-0.1, -0.05) is 12.8 Å². The lowest BCUT2D eigenvalue weighted by atomic mass is 10.4. The van der Waals surface area contributed by atoms with Gasteiger partial charge in [-0.25, -0.2) is 8.42 Å². The van der Waals surface area contributed by atoms with Crippen LogP contribution in [-0.4, -0.2) is 18.2 Å². The summed E-state index contributed by atoms with van der Waals surface area (Å²) >= 11 is 0. The lowest BCUT2D eigenvalue weighted by molar-refractivity contribution is 0.448. The predicted octanol–water partition coefficient (Wildman–Crippen LogP) is 0.474. The molecule has 0 aliphatic heterocycles. The highest BCUT2D eigenvalue weighted by Crippen LogP contribution is 2.23. The van der Waals surface area contributed by atoms with Crippen LogP contribution in [0.1, 0.15) is 25.7 Å². The summed E-state index contributed by atoms with van der Waals surface area (Å²) in [5, 5.41) is -0.572. The highest BCUT2D eigenvalue weighted by Gasteiger charge is 2.20. The molecule has 0 aromatic heterocycles. The van der Waals surface area contributed by atoms with Crippen LogP contribution in [0.25, 0.3) is 0 Å². The van der Waals surface area contributed by atoms with Crippen molar-refractivity contribution in [3.8, 4) is 0 Å². The van der Waals surface area contributed by atoms with Crippen molar-refractivity contribution in [2.24, 2.45) is 0 Å². The van der Waals surface area contributed by atoms with Crippen LogP contribution in [0.2, 0.25) is 0 Å². The maximum absolute atomic E-state index is 10.3. The Hall–Kier alpha value is -0.0900. The third-order valence-electron chi connectivity index (χ3n) is 1.71. The van der Waals surface area contributed by atoms with Gasteiger partial charge in [-0.2, -0.15) is 0 Å². The fourth-order valence-electron chi connectivity index (χ4n) is 1.18. The number of hydrogen-bond donors (Lipinski definition) is 0. The van der Waals surface area contributed by atoms with Gasteiger partial charge in [0, 0.05) is 5.25 Å². The van der Waals surface area contributed by atoms with Gasteiger partial charge in [-0.15, -0.1) is 0 Å². The molecule has 0 spiro atoms. The van der Waals surface area contributed by atoms with Gasteiger partial charge in [-0.3, -0.25) is 0 Å². The van der Waals surface area contributed by atoms with Crippen LogP contribution in [0.4, 0.5) is 0 Å². The summed E-state index contributed by atoms with van der Waals surface area (Å²) in [7, 11) is -3.95. The lowest BCUT2D eigenvalue weighted by Gasteiger charge is -2.12. The topological polar surface area (TPSA) is 57.2 Å². The normalized spacial score (nSPS) is 22.8. The van der Waals surface area contributed by atoms with Crippen molar-refractivity contribution in [1.82, 2.24) is 0 Å². The van der Waals surface area contributed by atoms with Gasteiger partial charge in [-0.05, 0) is 12.8 Å². The van der Waals surface area contributed by atoms with Crippen molar-refractivity contribution in [3.63, 3.8) is 0 Å². The fraction of sp³-hybridized carbons (Fsp3) is 1.00. The quantitative estimate of drug-likeness (QED) is 0.509. The first-order valence-corrected chi connectivity index (χ1v) is 4.52. The maximum Gasteiger partial charge on any atom is 0.0975 e. The fourth-order valence-corrected chi connectivity index (χ4v) is 2.09. The molecule has 1 aliphatic carbocycles. The van der Waals surface area contributed by atoms with E-state index in [2.05, 4.69) is 0 Å². The molecule has 0 heterocycles. The second-order valence-electron chi connectivity index (χ2n) is 2.40. The Kier molecular flexibility index (Phi) is 1.77. The van der Waals surface area contributed by atoms with Crippen molar-refractivity contribution < 1.29 is 13.0 Å². The highest BCUT2D eigenvalue weighted by atomic mass is 32.2. The summed E-state index contributed by atoms with van der Waals surface area (Å²) < 4.78 is 30.8. The maximum atomic E-state index is 10.3. The summed E-state index contributed by atoms with van der Waals surface area (Å²) in [6, 6.07) is 0. The zero-order chi connectivity index (χ0) is 6.91. The molecule has 0 unspecified atom stereocenters. The molecule has 0 bridgehead atoms. The molecule has 0 amide bonds. The van der Waals surface area contributed by atoms with Crippen LogP contribution in [0.5, 0.6) is 0 Å². The molecular weight excluding hydrogens is 140 g/mol. The molecule has 0 saturated heterocycles. The summed E-state index contributed by atoms with van der Waals surface area (Å²) in [6.07, 6.45) is 2.94. The van der Waals surface area contributed by atoms with Gasteiger partial charge < -0.3 is 4.55 Å². The van der Waals surface area contributed by atoms with Gasteiger partial charge >= 0.3 is 0 Å². The molecule has 1 saturated carbocycles. The molecule has 1 aliphatic rings. The van der Waals surface area contributed by atoms with E-state index < -0.39 is 15.4 Å². The van der Waals surface area contributed by atoms with Gasteiger partial charge in [0.1, 0.15) is 0 Å². The molecule has 4 heteroatoms. The molecule has 9 heavy (non-hydrogen) atoms. The molecule has 0 aromatic rings. The Morgan fingerprint density at radius 2 is 1.67 bits per heavy atom. The Balaban J connectivity index is 2.63. The Bertz CT molecular complexity index is 176. The predicted molar refractivity (Wildman–Crippen MR) is 32.0 cm³/mol. The van der Waals surface area contributed by atoms with E-state index in [0.29, 0.717) is 12.8 Å². The van der Waals surface area contributed by atoms with E-state index in [0.717, 1.165) is 12.8 Å². The van der Waals surface area contributed by atoms with E-state index in [1.807, 2.05) is 0 Å². The van der Waals surface area contributed by atoms with Crippen LogP contribution in [0.15, 0.2) is 0 Å². The standard InChI is InChI=1S/C5H10O3S/c6-9(7,8)5-3-1-2-4-5/h5H,1-4H2,(H,6,7,8)/p-1. The molecule has 0 aromatic carbocycles. The third kappa shape index (κ3) is 1.66. The molecule has 1 fully saturated rings. The zero-order valence-electron chi connectivity index (χ0n) is 5.04. The first-order valence-electron chi connectivity index (χ1n) is 3.05. The largest absolute Gasteiger partial charge is 0.748 e. The Labute approximate surface area is 54.8 Å². The summed E-state index contributed by atoms with van der Waals surface area (Å²) in [6.45, 7) is 0. The zero-order valence-corrected chi connectivity index (χ0v) is 5.86. The van der Waals surface area contributed by atoms with Gasteiger partial charge in [0.25, 0.3) is 0 Å². The lowest BCUT2D eigenvalue weighted by Crippen LogP contribution is -2.15. The first-order chi connectivity index (χ1) is 4.11. The monoisotopic (exact) mass is 149 g/mol. The first kappa shape index (κ1) is 7.02. The average Bonchev–Trinajstić information content (AvgIpc) is 2.08. The van der Waals surface area contributed by atoms with Crippen molar-refractivity contribution in [1.29, 1.82) is 0 Å². The second kappa shape index (κ2) is 2.27. The average molecular weight is 149 g/mol. The van der Waals surface area contributed by atoms with Crippen LogP contribution >= 0.6 is 0 Å². The molecule has 3 nitrogen and oxygen atoms in total. The molecule has 54 valence electrons. The molecule has 0 N–H and O–H groups in total. The van der Waals surface area contributed by atoms with Gasteiger partial charge in [0.05, 0.1) is 10.1 Å². The van der Waals surface area contributed by atoms with E-state index in [9.17, 15) is 13.0 Å². The van der Waals surface area contributed by atoms with Gasteiger partial charge in [0.2, 0.25) is 0 Å². The van der Waals surface area contributed by atoms with E-state index in [1.165, 1.54) is 0 Å². The number of rotatable bonds is 1. The smallest absolute Gasteiger partial charge is 0.0975 e. The van der Waals surface area contributed by atoms with Crippen LogP contribution in [0, 0.1) is 0 Å². The summed E-state index contributed by atoms with van der Waals surface area (Å²) in [5.41, 5.74) is 0. The molecule has 0 atom stereocenters. The third-order valence-corrected chi connectivity index (χ3v) is 3.00. The SMILES string of the molecule is O=S(=O)([O-])C1CCCC1. The van der Waals surface area contributed by atoms with E-state index in [4.69, 9.17) is 0 Å². The van der Waals surface area contributed by atoms with Crippen LogP contribution in [0.3, 0.4) is 0 Å². The second-order valence-corrected chi connectivity index (χ2v) is 4.05. The van der Waals surface area contributed by atoms with Crippen molar-refractivity contribution >= 4 is 10.1 Å². The molecule has 0 radical (unpaired) electrons. The van der Waals surface area contributed by atoms with E-state index in [1.54, 1.807) is 0 Å². The minimum Gasteiger partial charge on any atom is -0.748 e. The minimum absolute atomic E-state index is 0.572. The number of hydrogen-bond acceptors (Lipinski definition) is 3. The van der Waals surface area contributed by atoms with E-state index >= 15 is 0 Å². The Morgan fingerprint density at radius 1 is 1.22 bits per heavy atom. The van der Waals surface area contributed by atoms with Crippen molar-refractivity contribution in [2.75, 3.05) is 0 Å². The van der Waals surface area contributed by atoms with Crippen LogP contribution in [-0.2, 0) is 10.1 Å². The minimum atomic E-state index is -3.95. The Morgan fingerprint density at radius 3 is 1.89 bits per heavy atom. The molecular formula is C5H9O3S-.